The van der Waals surface area contributed by atoms with Crippen molar-refractivity contribution in [2.45, 2.75) is 30.4 Å². The van der Waals surface area contributed by atoms with E-state index in [2.05, 4.69) is 0 Å². The van der Waals surface area contributed by atoms with E-state index in [0.717, 1.165) is 18.4 Å². The van der Waals surface area contributed by atoms with Crippen LogP contribution in [-0.4, -0.2) is 45.6 Å². The summed E-state index contributed by atoms with van der Waals surface area (Å²) >= 11 is 0. The number of methoxy groups -OCH3 is 1. The van der Waals surface area contributed by atoms with Gasteiger partial charge in [0.2, 0.25) is 0 Å². The van der Waals surface area contributed by atoms with Crippen molar-refractivity contribution in [3.05, 3.63) is 89.7 Å². The van der Waals surface area contributed by atoms with Gasteiger partial charge in [-0.25, -0.2) is 4.39 Å². The van der Waals surface area contributed by atoms with Gasteiger partial charge in [-0.1, -0.05) is 18.2 Å². The average Bonchev–Trinajstić information content (AvgIpc) is 3.37. The van der Waals surface area contributed by atoms with Gasteiger partial charge in [-0.3, -0.25) is 4.79 Å². The first kappa shape index (κ1) is 24.7. The zero-order valence-electron chi connectivity index (χ0n) is 19.2. The van der Waals surface area contributed by atoms with Crippen LogP contribution in [0.15, 0.2) is 77.7 Å². The van der Waals surface area contributed by atoms with Crippen LogP contribution in [0.2, 0.25) is 0 Å². The second kappa shape index (κ2) is 10.9. The number of benzene rings is 3. The molecule has 0 radical (unpaired) electrons. The minimum atomic E-state index is -4.02. The second-order valence-corrected chi connectivity index (χ2v) is 9.73. The van der Waals surface area contributed by atoms with E-state index in [1.807, 2.05) is 0 Å². The van der Waals surface area contributed by atoms with Gasteiger partial charge in [-0.15, -0.1) is 0 Å². The smallest absolute Gasteiger partial charge is 0.339 e. The van der Waals surface area contributed by atoms with Crippen LogP contribution in [-0.2, 0) is 21.4 Å². The Labute approximate surface area is 204 Å². The van der Waals surface area contributed by atoms with Gasteiger partial charge >= 0.3 is 10.1 Å². The van der Waals surface area contributed by atoms with Crippen LogP contribution in [0.1, 0.15) is 28.8 Å². The molecule has 1 heterocycles. The van der Waals surface area contributed by atoms with Crippen molar-refractivity contribution in [1.29, 1.82) is 0 Å². The Balaban J connectivity index is 1.48. The molecule has 1 aliphatic heterocycles. The second-order valence-electron chi connectivity index (χ2n) is 8.19. The summed E-state index contributed by atoms with van der Waals surface area (Å²) in [5, 5.41) is 0. The van der Waals surface area contributed by atoms with Crippen molar-refractivity contribution < 1.29 is 31.3 Å². The van der Waals surface area contributed by atoms with E-state index in [4.69, 9.17) is 13.7 Å². The largest absolute Gasteiger partial charge is 0.497 e. The first-order chi connectivity index (χ1) is 16.8. The molecular weight excluding hydrogens is 473 g/mol. The van der Waals surface area contributed by atoms with Gasteiger partial charge in [-0.05, 0) is 73.0 Å². The van der Waals surface area contributed by atoms with E-state index in [-0.39, 0.29) is 34.8 Å². The molecule has 1 atom stereocenters. The molecule has 0 unspecified atom stereocenters. The predicted octanol–water partition coefficient (Wildman–Crippen LogP) is 4.42. The van der Waals surface area contributed by atoms with Gasteiger partial charge in [0.15, 0.2) is 0 Å². The zero-order chi connectivity index (χ0) is 24.8. The lowest BCUT2D eigenvalue weighted by Crippen LogP contribution is -2.37. The SMILES string of the molecule is COc1ccc(S(=O)(=O)Oc2ccc(CN(C[C@@H]3CCCO3)C(=O)c3cccc(F)c3)cc2)cc1. The van der Waals surface area contributed by atoms with Crippen LogP contribution < -0.4 is 8.92 Å². The maximum atomic E-state index is 13.7. The molecule has 9 heteroatoms. The van der Waals surface area contributed by atoms with Gasteiger partial charge in [0, 0.05) is 25.3 Å². The van der Waals surface area contributed by atoms with Crippen LogP contribution in [0, 0.1) is 5.82 Å². The van der Waals surface area contributed by atoms with Crippen molar-refractivity contribution in [2.24, 2.45) is 0 Å². The molecule has 0 saturated carbocycles. The standard InChI is InChI=1S/C26H26FNO6S/c1-32-22-11-13-25(14-12-22)35(30,31)34-23-9-7-19(8-10-23)17-28(18-24-6-3-15-33-24)26(29)20-4-2-5-21(27)16-20/h2,4-5,7-14,16,24H,3,6,15,17-18H2,1H3/t24-/m0/s1. The van der Waals surface area contributed by atoms with Crippen molar-refractivity contribution in [3.63, 3.8) is 0 Å². The number of hydrogen-bond acceptors (Lipinski definition) is 6. The van der Waals surface area contributed by atoms with E-state index in [0.29, 0.717) is 18.9 Å². The van der Waals surface area contributed by atoms with Crippen LogP contribution >= 0.6 is 0 Å². The molecule has 0 bridgehead atoms. The lowest BCUT2D eigenvalue weighted by molar-refractivity contribution is 0.0507. The number of nitrogens with zero attached hydrogens (tertiary/aromatic N) is 1. The normalized spacial score (nSPS) is 15.5. The third-order valence-electron chi connectivity index (χ3n) is 5.66. The molecule has 3 aromatic carbocycles. The zero-order valence-corrected chi connectivity index (χ0v) is 20.0. The number of rotatable bonds is 9. The fraction of sp³-hybridized carbons (Fsp3) is 0.269. The van der Waals surface area contributed by atoms with Gasteiger partial charge in [0.1, 0.15) is 22.2 Å². The fourth-order valence-electron chi connectivity index (χ4n) is 3.85. The summed E-state index contributed by atoms with van der Waals surface area (Å²) in [5.74, 6) is -0.102. The molecule has 35 heavy (non-hydrogen) atoms. The van der Waals surface area contributed by atoms with Crippen LogP contribution in [0.5, 0.6) is 11.5 Å². The highest BCUT2D eigenvalue weighted by Crippen LogP contribution is 2.23. The van der Waals surface area contributed by atoms with E-state index < -0.39 is 15.9 Å². The molecule has 0 aromatic heterocycles. The quantitative estimate of drug-likeness (QED) is 0.406. The highest BCUT2D eigenvalue weighted by atomic mass is 32.2. The molecule has 4 rings (SSSR count). The third-order valence-corrected chi connectivity index (χ3v) is 6.92. The number of carbonyl (C=O) groups is 1. The Hall–Kier alpha value is -3.43. The molecule has 0 spiro atoms. The Kier molecular flexibility index (Phi) is 7.67. The summed E-state index contributed by atoms with van der Waals surface area (Å²) < 4.78 is 54.8. The van der Waals surface area contributed by atoms with Gasteiger partial charge < -0.3 is 18.6 Å². The summed E-state index contributed by atoms with van der Waals surface area (Å²) in [5.41, 5.74) is 1.02. The minimum absolute atomic E-state index is 0.00538. The number of amides is 1. The topological polar surface area (TPSA) is 82.1 Å². The third kappa shape index (κ3) is 6.37. The minimum Gasteiger partial charge on any atom is -0.497 e. The van der Waals surface area contributed by atoms with Crippen LogP contribution in [0.25, 0.3) is 0 Å². The molecule has 1 amide bonds. The Bertz CT molecular complexity index is 1260. The molecule has 184 valence electrons. The van der Waals surface area contributed by atoms with Gasteiger partial charge in [-0.2, -0.15) is 8.42 Å². The molecular formula is C26H26FNO6S. The average molecular weight is 500 g/mol. The highest BCUT2D eigenvalue weighted by Gasteiger charge is 2.24. The van der Waals surface area contributed by atoms with E-state index in [9.17, 15) is 17.6 Å². The Morgan fingerprint density at radius 1 is 1.06 bits per heavy atom. The molecule has 1 aliphatic rings. The lowest BCUT2D eigenvalue weighted by atomic mass is 10.1. The van der Waals surface area contributed by atoms with Gasteiger partial charge in [0.05, 0.1) is 13.2 Å². The Morgan fingerprint density at radius 3 is 2.40 bits per heavy atom. The van der Waals surface area contributed by atoms with Crippen molar-refractivity contribution in [2.75, 3.05) is 20.3 Å². The Morgan fingerprint density at radius 2 is 1.77 bits per heavy atom. The van der Waals surface area contributed by atoms with E-state index >= 15 is 0 Å². The van der Waals surface area contributed by atoms with Crippen molar-refractivity contribution in [3.8, 4) is 11.5 Å². The van der Waals surface area contributed by atoms with Crippen molar-refractivity contribution >= 4 is 16.0 Å². The van der Waals surface area contributed by atoms with E-state index in [1.54, 1.807) is 23.1 Å². The number of hydrogen-bond donors (Lipinski definition) is 0. The number of ether oxygens (including phenoxy) is 2. The van der Waals surface area contributed by atoms with Crippen LogP contribution in [0.3, 0.4) is 0 Å². The van der Waals surface area contributed by atoms with Gasteiger partial charge in [0.25, 0.3) is 5.91 Å². The summed E-state index contributed by atoms with van der Waals surface area (Å²) in [6, 6.07) is 17.9. The molecule has 7 nitrogen and oxygen atoms in total. The van der Waals surface area contributed by atoms with Crippen LogP contribution in [0.4, 0.5) is 4.39 Å². The number of halogens is 1. The lowest BCUT2D eigenvalue weighted by Gasteiger charge is -2.26. The molecule has 0 aliphatic carbocycles. The highest BCUT2D eigenvalue weighted by molar-refractivity contribution is 7.87. The summed E-state index contributed by atoms with van der Waals surface area (Å²) in [7, 11) is -2.52. The molecule has 3 aromatic rings. The first-order valence-electron chi connectivity index (χ1n) is 11.2. The van der Waals surface area contributed by atoms with Crippen molar-refractivity contribution in [1.82, 2.24) is 4.90 Å². The molecule has 1 saturated heterocycles. The predicted molar refractivity (Wildman–Crippen MR) is 127 cm³/mol. The molecule has 1 fully saturated rings. The fourth-order valence-corrected chi connectivity index (χ4v) is 4.78. The maximum absolute atomic E-state index is 13.7. The summed E-state index contributed by atoms with van der Waals surface area (Å²) in [6.07, 6.45) is 1.70. The maximum Gasteiger partial charge on any atom is 0.339 e. The molecule has 0 N–H and O–H groups in total. The summed E-state index contributed by atoms with van der Waals surface area (Å²) in [4.78, 5) is 14.8. The monoisotopic (exact) mass is 499 g/mol. The summed E-state index contributed by atoms with van der Waals surface area (Å²) in [6.45, 7) is 1.28. The first-order valence-corrected chi connectivity index (χ1v) is 12.6. The van der Waals surface area contributed by atoms with E-state index in [1.165, 1.54) is 61.7 Å². The number of carbonyl (C=O) groups excluding carboxylic acids is 1.